The highest BCUT2D eigenvalue weighted by Gasteiger charge is 2.07. The summed E-state index contributed by atoms with van der Waals surface area (Å²) in [7, 11) is 0. The Morgan fingerprint density at radius 2 is 2.00 bits per heavy atom. The number of unbranched alkanes of at least 4 members (excludes halogenated alkanes) is 3. The van der Waals surface area contributed by atoms with Gasteiger partial charge in [-0.15, -0.1) is 18.3 Å². The van der Waals surface area contributed by atoms with Crippen LogP contribution < -0.4 is 5.32 Å². The van der Waals surface area contributed by atoms with E-state index in [9.17, 15) is 4.39 Å². The van der Waals surface area contributed by atoms with Crippen molar-refractivity contribution in [3.63, 3.8) is 0 Å². The predicted octanol–water partition coefficient (Wildman–Crippen LogP) is 5.03. The van der Waals surface area contributed by atoms with Gasteiger partial charge in [0.25, 0.3) is 0 Å². The van der Waals surface area contributed by atoms with Gasteiger partial charge in [0.15, 0.2) is 0 Å². The second-order valence-corrected chi connectivity index (χ2v) is 6.04. The Balaban J connectivity index is 2.27. The molecule has 112 valence electrons. The van der Waals surface area contributed by atoms with Gasteiger partial charge in [0.2, 0.25) is 0 Å². The quantitative estimate of drug-likeness (QED) is 0.349. The van der Waals surface area contributed by atoms with Crippen LogP contribution in [0.25, 0.3) is 0 Å². The zero-order valence-corrected chi connectivity index (χ0v) is 13.2. The van der Waals surface area contributed by atoms with E-state index in [2.05, 4.69) is 18.8 Å². The van der Waals surface area contributed by atoms with Gasteiger partial charge in [0.1, 0.15) is 5.82 Å². The molecule has 0 spiro atoms. The van der Waals surface area contributed by atoms with Gasteiger partial charge in [-0.05, 0) is 50.1 Å². The molecule has 0 aromatic heterocycles. The number of benzene rings is 1. The molecule has 0 bridgehead atoms. The van der Waals surface area contributed by atoms with E-state index < -0.39 is 0 Å². The SMILES string of the molecule is C=CCCCCCC(CSc1ccc(F)cc1)NCC. The highest BCUT2D eigenvalue weighted by atomic mass is 32.2. The molecule has 1 nitrogen and oxygen atoms in total. The van der Waals surface area contributed by atoms with E-state index in [-0.39, 0.29) is 5.82 Å². The number of thioether (sulfide) groups is 1. The monoisotopic (exact) mass is 295 g/mol. The van der Waals surface area contributed by atoms with Crippen molar-refractivity contribution in [1.82, 2.24) is 5.32 Å². The minimum absolute atomic E-state index is 0.167. The van der Waals surface area contributed by atoms with Crippen LogP contribution in [0.1, 0.15) is 39.0 Å². The molecule has 1 aromatic rings. The van der Waals surface area contributed by atoms with Crippen molar-refractivity contribution in [1.29, 1.82) is 0 Å². The lowest BCUT2D eigenvalue weighted by molar-refractivity contribution is 0.502. The number of nitrogens with one attached hydrogen (secondary N) is 1. The van der Waals surface area contributed by atoms with Gasteiger partial charge < -0.3 is 5.32 Å². The van der Waals surface area contributed by atoms with E-state index in [1.165, 1.54) is 37.8 Å². The van der Waals surface area contributed by atoms with Gasteiger partial charge >= 0.3 is 0 Å². The summed E-state index contributed by atoms with van der Waals surface area (Å²) >= 11 is 1.80. The summed E-state index contributed by atoms with van der Waals surface area (Å²) in [6.45, 7) is 6.90. The lowest BCUT2D eigenvalue weighted by Gasteiger charge is -2.17. The van der Waals surface area contributed by atoms with Crippen LogP contribution in [0.5, 0.6) is 0 Å². The van der Waals surface area contributed by atoms with E-state index >= 15 is 0 Å². The lowest BCUT2D eigenvalue weighted by atomic mass is 10.1. The van der Waals surface area contributed by atoms with Crippen LogP contribution in [0.2, 0.25) is 0 Å². The van der Waals surface area contributed by atoms with Gasteiger partial charge in [-0.3, -0.25) is 0 Å². The number of hydrogen-bond donors (Lipinski definition) is 1. The first-order chi connectivity index (χ1) is 9.76. The van der Waals surface area contributed by atoms with Crippen LogP contribution in [0, 0.1) is 5.82 Å². The Hall–Kier alpha value is -0.800. The average Bonchev–Trinajstić information content (AvgIpc) is 2.46. The Morgan fingerprint density at radius 3 is 2.65 bits per heavy atom. The third-order valence-electron chi connectivity index (χ3n) is 3.22. The predicted molar refractivity (Wildman–Crippen MR) is 87.9 cm³/mol. The Kier molecular flexibility index (Phi) is 9.42. The first kappa shape index (κ1) is 17.3. The summed E-state index contributed by atoms with van der Waals surface area (Å²) in [5, 5.41) is 3.54. The fourth-order valence-electron chi connectivity index (χ4n) is 2.12. The first-order valence-corrected chi connectivity index (χ1v) is 8.47. The van der Waals surface area contributed by atoms with Gasteiger partial charge in [-0.2, -0.15) is 0 Å². The topological polar surface area (TPSA) is 12.0 Å². The van der Waals surface area contributed by atoms with Crippen LogP contribution in [0.15, 0.2) is 41.8 Å². The number of hydrogen-bond acceptors (Lipinski definition) is 2. The third kappa shape index (κ3) is 7.71. The molecule has 1 unspecified atom stereocenters. The summed E-state index contributed by atoms with van der Waals surface area (Å²) in [5.41, 5.74) is 0. The maximum Gasteiger partial charge on any atom is 0.123 e. The van der Waals surface area contributed by atoms with Gasteiger partial charge in [-0.25, -0.2) is 4.39 Å². The number of halogens is 1. The molecular formula is C17H26FNS. The summed E-state index contributed by atoms with van der Waals surface area (Å²) in [5.74, 6) is 0.876. The molecule has 0 heterocycles. The van der Waals surface area contributed by atoms with Crippen LogP contribution in [-0.4, -0.2) is 18.3 Å². The second kappa shape index (κ2) is 10.9. The van der Waals surface area contributed by atoms with E-state index in [0.29, 0.717) is 6.04 Å². The fraction of sp³-hybridized carbons (Fsp3) is 0.529. The maximum atomic E-state index is 12.8. The molecule has 0 amide bonds. The molecular weight excluding hydrogens is 269 g/mol. The third-order valence-corrected chi connectivity index (χ3v) is 4.39. The van der Waals surface area contributed by atoms with Crippen molar-refractivity contribution in [3.05, 3.63) is 42.7 Å². The molecule has 1 rings (SSSR count). The number of allylic oxidation sites excluding steroid dienone is 1. The normalized spacial score (nSPS) is 12.3. The molecule has 0 saturated heterocycles. The Bertz CT molecular complexity index is 364. The number of rotatable bonds is 11. The minimum Gasteiger partial charge on any atom is -0.313 e. The van der Waals surface area contributed by atoms with E-state index in [1.54, 1.807) is 11.8 Å². The smallest absolute Gasteiger partial charge is 0.123 e. The molecule has 1 atom stereocenters. The van der Waals surface area contributed by atoms with Gasteiger partial charge in [-0.1, -0.05) is 25.8 Å². The van der Waals surface area contributed by atoms with Crippen molar-refractivity contribution in [2.45, 2.75) is 50.0 Å². The highest BCUT2D eigenvalue weighted by molar-refractivity contribution is 7.99. The summed E-state index contributed by atoms with van der Waals surface area (Å²) in [6, 6.07) is 7.30. The molecule has 0 aliphatic rings. The van der Waals surface area contributed by atoms with Gasteiger partial charge in [0.05, 0.1) is 0 Å². The first-order valence-electron chi connectivity index (χ1n) is 7.49. The summed E-state index contributed by atoms with van der Waals surface area (Å²) in [6.07, 6.45) is 8.10. The molecule has 0 aliphatic heterocycles. The summed E-state index contributed by atoms with van der Waals surface area (Å²) in [4.78, 5) is 1.14. The molecule has 0 fully saturated rings. The van der Waals surface area contributed by atoms with E-state index in [0.717, 1.165) is 23.6 Å². The molecule has 3 heteroatoms. The van der Waals surface area contributed by atoms with Crippen LogP contribution in [0.3, 0.4) is 0 Å². The Morgan fingerprint density at radius 1 is 1.25 bits per heavy atom. The molecule has 1 aromatic carbocycles. The van der Waals surface area contributed by atoms with Crippen LogP contribution >= 0.6 is 11.8 Å². The fourth-order valence-corrected chi connectivity index (χ4v) is 3.12. The maximum absolute atomic E-state index is 12.8. The molecule has 0 saturated carbocycles. The molecule has 1 N–H and O–H groups in total. The van der Waals surface area contributed by atoms with Crippen molar-refractivity contribution >= 4 is 11.8 Å². The van der Waals surface area contributed by atoms with E-state index in [1.807, 2.05) is 18.2 Å². The van der Waals surface area contributed by atoms with Crippen molar-refractivity contribution in [3.8, 4) is 0 Å². The second-order valence-electron chi connectivity index (χ2n) is 4.95. The summed E-state index contributed by atoms with van der Waals surface area (Å²) < 4.78 is 12.8. The zero-order chi connectivity index (χ0) is 14.6. The van der Waals surface area contributed by atoms with Crippen molar-refractivity contribution in [2.24, 2.45) is 0 Å². The molecule has 20 heavy (non-hydrogen) atoms. The molecule has 0 radical (unpaired) electrons. The minimum atomic E-state index is -0.167. The zero-order valence-electron chi connectivity index (χ0n) is 12.4. The lowest BCUT2D eigenvalue weighted by Crippen LogP contribution is -2.31. The van der Waals surface area contributed by atoms with Crippen molar-refractivity contribution < 1.29 is 4.39 Å². The molecule has 0 aliphatic carbocycles. The van der Waals surface area contributed by atoms with Crippen molar-refractivity contribution in [2.75, 3.05) is 12.3 Å². The van der Waals surface area contributed by atoms with E-state index in [4.69, 9.17) is 0 Å². The van der Waals surface area contributed by atoms with Crippen LogP contribution in [0.4, 0.5) is 4.39 Å². The standard InChI is InChI=1S/C17H26FNS/c1-3-5-6-7-8-9-16(19-4-2)14-20-17-12-10-15(18)11-13-17/h3,10-13,16,19H,1,4-9,14H2,2H3. The largest absolute Gasteiger partial charge is 0.313 e. The highest BCUT2D eigenvalue weighted by Crippen LogP contribution is 2.20. The van der Waals surface area contributed by atoms with Crippen LogP contribution in [-0.2, 0) is 0 Å². The average molecular weight is 295 g/mol. The Labute approximate surface area is 127 Å². The van der Waals surface area contributed by atoms with Gasteiger partial charge in [0, 0.05) is 16.7 Å².